The number of rotatable bonds is 7. The molecule has 0 atom stereocenters. The lowest BCUT2D eigenvalue weighted by molar-refractivity contribution is 0.766. The van der Waals surface area contributed by atoms with Crippen molar-refractivity contribution in [3.05, 3.63) is 227 Å². The largest absolute Gasteiger partial charge is 0.261 e. The zero-order valence-electron chi connectivity index (χ0n) is 27.7. The van der Waals surface area contributed by atoms with E-state index in [2.05, 4.69) is 139 Å². The summed E-state index contributed by atoms with van der Waals surface area (Å²) >= 11 is 0. The number of hydrogen-bond acceptors (Lipinski definition) is 1. The number of amidine groups is 2. The Bertz CT molecular complexity index is 2290. The number of hydrogen-bond donors (Lipinski definition) is 0. The van der Waals surface area contributed by atoms with Gasteiger partial charge in [0.25, 0.3) is 0 Å². The minimum absolute atomic E-state index is 0.451. The predicted octanol–water partition coefficient (Wildman–Crippen LogP) is 10.8. The summed E-state index contributed by atoms with van der Waals surface area (Å²) in [6.07, 6.45) is 0. The maximum absolute atomic E-state index is 5.14. The molecule has 0 aliphatic heterocycles. The minimum atomic E-state index is -0.458. The molecule has 0 unspecified atom stereocenters. The van der Waals surface area contributed by atoms with Gasteiger partial charge in [-0.3, -0.25) is 4.99 Å². The van der Waals surface area contributed by atoms with Crippen LogP contribution in [0.25, 0.3) is 22.3 Å². The summed E-state index contributed by atoms with van der Waals surface area (Å²) in [4.78, 5) is 14.5. The molecule has 0 saturated carbocycles. The summed E-state index contributed by atoms with van der Waals surface area (Å²) in [6, 6.07) is 66.1. The molecule has 0 heterocycles. The van der Waals surface area contributed by atoms with Crippen molar-refractivity contribution in [2.75, 3.05) is 0 Å². The van der Waals surface area contributed by atoms with E-state index >= 15 is 0 Å². The van der Waals surface area contributed by atoms with Gasteiger partial charge in [-0.2, -0.15) is 0 Å². The Morgan fingerprint density at radius 2 is 0.980 bits per heavy atom. The molecule has 0 radical (unpaired) electrons. The first kappa shape index (κ1) is 30.9. The van der Waals surface area contributed by atoms with E-state index in [0.29, 0.717) is 18.2 Å². The average Bonchev–Trinajstić information content (AvgIpc) is 3.50. The van der Waals surface area contributed by atoms with Crippen molar-refractivity contribution < 1.29 is 0 Å². The predicted molar refractivity (Wildman–Crippen MR) is 208 cm³/mol. The maximum Gasteiger partial charge on any atom is 0.161 e. The molecule has 238 valence electrons. The Hall–Kier alpha value is -6.45. The molecule has 0 spiro atoms. The van der Waals surface area contributed by atoms with Crippen molar-refractivity contribution in [2.24, 2.45) is 15.0 Å². The molecule has 0 bridgehead atoms. The SMILES string of the molecule is C=NC(=NC(=NCc1cccc(C2(c3ccccc3)c3ccccc3-c3ccccc32)c1)c1ccccc1)c1ccc(-c2ccccc2)cc1. The Morgan fingerprint density at radius 3 is 1.62 bits per heavy atom. The second-order valence-electron chi connectivity index (χ2n) is 12.5. The molecule has 3 heteroatoms. The highest BCUT2D eigenvalue weighted by Crippen LogP contribution is 2.55. The van der Waals surface area contributed by atoms with Crippen molar-refractivity contribution in [3.63, 3.8) is 0 Å². The molecule has 3 nitrogen and oxygen atoms in total. The van der Waals surface area contributed by atoms with Crippen LogP contribution >= 0.6 is 0 Å². The van der Waals surface area contributed by atoms with Crippen molar-refractivity contribution in [1.29, 1.82) is 0 Å². The molecule has 1 aliphatic carbocycles. The van der Waals surface area contributed by atoms with E-state index in [1.807, 2.05) is 60.7 Å². The zero-order valence-corrected chi connectivity index (χ0v) is 27.7. The molecule has 7 aromatic carbocycles. The lowest BCUT2D eigenvalue weighted by Crippen LogP contribution is -2.28. The fourth-order valence-corrected chi connectivity index (χ4v) is 7.29. The normalized spacial score (nSPS) is 13.4. The number of benzene rings is 7. The first-order chi connectivity index (χ1) is 24.8. The van der Waals surface area contributed by atoms with Gasteiger partial charge in [-0.15, -0.1) is 0 Å². The highest BCUT2D eigenvalue weighted by atomic mass is 15.0. The third-order valence-corrected chi connectivity index (χ3v) is 9.57. The van der Waals surface area contributed by atoms with E-state index in [9.17, 15) is 0 Å². The van der Waals surface area contributed by atoms with Gasteiger partial charge in [0.1, 0.15) is 0 Å². The molecule has 0 amide bonds. The lowest BCUT2D eigenvalue weighted by atomic mass is 9.67. The van der Waals surface area contributed by atoms with Crippen LogP contribution in [-0.2, 0) is 12.0 Å². The second kappa shape index (κ2) is 13.6. The van der Waals surface area contributed by atoms with Gasteiger partial charge in [0.05, 0.1) is 12.0 Å². The summed E-state index contributed by atoms with van der Waals surface area (Å²) in [5, 5.41) is 0. The van der Waals surface area contributed by atoms with Gasteiger partial charge < -0.3 is 0 Å². The summed E-state index contributed by atoms with van der Waals surface area (Å²) in [6.45, 7) is 4.33. The van der Waals surface area contributed by atoms with Gasteiger partial charge >= 0.3 is 0 Å². The first-order valence-corrected chi connectivity index (χ1v) is 16.9. The van der Waals surface area contributed by atoms with Crippen molar-refractivity contribution >= 4 is 18.4 Å². The second-order valence-corrected chi connectivity index (χ2v) is 12.5. The number of nitrogens with zero attached hydrogens (tertiary/aromatic N) is 3. The Morgan fingerprint density at radius 1 is 0.460 bits per heavy atom. The van der Waals surface area contributed by atoms with E-state index in [1.165, 1.54) is 33.4 Å². The van der Waals surface area contributed by atoms with E-state index in [4.69, 9.17) is 9.98 Å². The van der Waals surface area contributed by atoms with Crippen LogP contribution in [0, 0.1) is 0 Å². The summed E-state index contributed by atoms with van der Waals surface area (Å²) < 4.78 is 0. The van der Waals surface area contributed by atoms with Gasteiger partial charge in [0, 0.05) is 11.1 Å². The fraction of sp³-hybridized carbons (Fsp3) is 0.0426. The number of fused-ring (bicyclic) bond motifs is 3. The summed E-state index contributed by atoms with van der Waals surface area (Å²) in [5.74, 6) is 1.14. The maximum atomic E-state index is 5.14. The van der Waals surface area contributed by atoms with Crippen LogP contribution in [0.15, 0.2) is 203 Å². The molecule has 0 fully saturated rings. The van der Waals surface area contributed by atoms with Crippen LogP contribution in [0.1, 0.15) is 38.9 Å². The molecule has 0 aromatic heterocycles. The number of aliphatic imine (C=N–C) groups is 3. The lowest BCUT2D eigenvalue weighted by Gasteiger charge is -2.34. The van der Waals surface area contributed by atoms with E-state index < -0.39 is 5.41 Å². The molecular weight excluding hydrogens is 607 g/mol. The van der Waals surface area contributed by atoms with E-state index in [-0.39, 0.29) is 0 Å². The van der Waals surface area contributed by atoms with Crippen molar-refractivity contribution in [2.45, 2.75) is 12.0 Å². The molecule has 7 aromatic rings. The standard InChI is InChI=1S/C47H35N3/c1-48-45(38-30-28-36(29-31-38)35-17-5-2-6-18-35)50-46(37-19-7-3-8-20-37)49-33-34-16-15-23-40(32-34)47(39-21-9-4-10-22-39)43-26-13-11-24-41(43)42-25-12-14-27-44(42)47/h2-32H,1,33H2. The fourth-order valence-electron chi connectivity index (χ4n) is 7.29. The van der Waals surface area contributed by atoms with Crippen molar-refractivity contribution in [3.8, 4) is 22.3 Å². The van der Waals surface area contributed by atoms with Crippen molar-refractivity contribution in [1.82, 2.24) is 0 Å². The van der Waals surface area contributed by atoms with Gasteiger partial charge in [0.2, 0.25) is 0 Å². The summed E-state index contributed by atoms with van der Waals surface area (Å²) in [7, 11) is 0. The molecule has 1 aliphatic rings. The Kier molecular flexibility index (Phi) is 8.38. The molecule has 0 N–H and O–H groups in total. The quantitative estimate of drug-likeness (QED) is 0.123. The summed E-state index contributed by atoms with van der Waals surface area (Å²) in [5.41, 5.74) is 12.3. The van der Waals surface area contributed by atoms with Crippen LogP contribution in [-0.4, -0.2) is 18.4 Å². The Labute approximate surface area is 293 Å². The smallest absolute Gasteiger partial charge is 0.161 e. The van der Waals surface area contributed by atoms with Crippen LogP contribution < -0.4 is 0 Å². The minimum Gasteiger partial charge on any atom is -0.261 e. The molecular formula is C47H35N3. The highest BCUT2D eigenvalue weighted by Gasteiger charge is 2.45. The molecule has 0 saturated heterocycles. The van der Waals surface area contributed by atoms with Crippen LogP contribution in [0.5, 0.6) is 0 Å². The topological polar surface area (TPSA) is 37.1 Å². The highest BCUT2D eigenvalue weighted by molar-refractivity contribution is 6.12. The van der Waals surface area contributed by atoms with E-state index in [1.54, 1.807) is 0 Å². The van der Waals surface area contributed by atoms with Gasteiger partial charge in [-0.05, 0) is 56.8 Å². The van der Waals surface area contributed by atoms with E-state index in [0.717, 1.165) is 27.8 Å². The van der Waals surface area contributed by atoms with Crippen LogP contribution in [0.4, 0.5) is 0 Å². The zero-order chi connectivity index (χ0) is 33.8. The van der Waals surface area contributed by atoms with Gasteiger partial charge in [-0.25, -0.2) is 9.98 Å². The Balaban J connectivity index is 1.20. The molecule has 50 heavy (non-hydrogen) atoms. The molecule has 8 rings (SSSR count). The third-order valence-electron chi connectivity index (χ3n) is 9.57. The first-order valence-electron chi connectivity index (χ1n) is 16.9. The third kappa shape index (κ3) is 5.59. The van der Waals surface area contributed by atoms with Gasteiger partial charge in [-0.1, -0.05) is 188 Å². The monoisotopic (exact) mass is 641 g/mol. The van der Waals surface area contributed by atoms with Gasteiger partial charge in [0.15, 0.2) is 11.7 Å². The van der Waals surface area contributed by atoms with Crippen LogP contribution in [0.3, 0.4) is 0 Å². The average molecular weight is 642 g/mol. The van der Waals surface area contributed by atoms with Crippen LogP contribution in [0.2, 0.25) is 0 Å².